The molecule has 0 aliphatic carbocycles. The van der Waals surface area contributed by atoms with Gasteiger partial charge in [-0.15, -0.1) is 0 Å². The molecule has 0 radical (unpaired) electrons. The Labute approximate surface area is 114 Å². The minimum absolute atomic E-state index is 0.631. The van der Waals surface area contributed by atoms with Gasteiger partial charge in [0.2, 0.25) is 0 Å². The van der Waals surface area contributed by atoms with Gasteiger partial charge < -0.3 is 4.98 Å². The summed E-state index contributed by atoms with van der Waals surface area (Å²) < 4.78 is 37.6. The molecular weight excluding hydrogens is 263 g/mol. The maximum atomic E-state index is 12.5. The van der Waals surface area contributed by atoms with Crippen LogP contribution in [0.1, 0.15) is 11.1 Å². The monoisotopic (exact) mass is 275 g/mol. The van der Waals surface area contributed by atoms with Crippen molar-refractivity contribution in [2.75, 3.05) is 0 Å². The number of hydrogen-bond donors (Lipinski definition) is 1. The van der Waals surface area contributed by atoms with Crippen LogP contribution in [0.4, 0.5) is 13.2 Å². The third kappa shape index (κ3) is 2.29. The van der Waals surface area contributed by atoms with E-state index in [-0.39, 0.29) is 0 Å². The Hall–Kier alpha value is -2.23. The van der Waals surface area contributed by atoms with E-state index >= 15 is 0 Å². The van der Waals surface area contributed by atoms with E-state index < -0.39 is 11.7 Å². The van der Waals surface area contributed by atoms with Crippen molar-refractivity contribution in [3.8, 4) is 11.3 Å². The minimum atomic E-state index is -4.30. The molecule has 3 rings (SSSR count). The smallest absolute Gasteiger partial charge is 0.355 e. The van der Waals surface area contributed by atoms with E-state index in [0.29, 0.717) is 0 Å². The molecule has 1 heterocycles. The number of H-pyrrole nitrogens is 1. The summed E-state index contributed by atoms with van der Waals surface area (Å²) >= 11 is 0. The molecule has 2 aromatic carbocycles. The first-order valence-corrected chi connectivity index (χ1v) is 6.20. The van der Waals surface area contributed by atoms with Gasteiger partial charge in [-0.3, -0.25) is 0 Å². The molecule has 0 saturated heterocycles. The SMILES string of the molecule is Cc1ccc2cc(-c3ccc(C(F)(F)F)cc3)[nH]c2c1. The molecular formula is C16H12F3N. The van der Waals surface area contributed by atoms with E-state index in [0.717, 1.165) is 39.9 Å². The standard InChI is InChI=1S/C16H12F3N/c1-10-2-3-12-9-15(20-14(12)8-10)11-4-6-13(7-5-11)16(17,18)19/h2-9,20H,1H3. The first-order chi connectivity index (χ1) is 9.43. The van der Waals surface area contributed by atoms with Crippen molar-refractivity contribution in [2.45, 2.75) is 13.1 Å². The number of halogens is 3. The normalized spacial score (nSPS) is 12.0. The Morgan fingerprint density at radius 1 is 0.900 bits per heavy atom. The second-order valence-electron chi connectivity index (χ2n) is 4.85. The van der Waals surface area contributed by atoms with Gasteiger partial charge in [0.15, 0.2) is 0 Å². The molecule has 20 heavy (non-hydrogen) atoms. The highest BCUT2D eigenvalue weighted by Gasteiger charge is 2.29. The lowest BCUT2D eigenvalue weighted by Gasteiger charge is -2.06. The summed E-state index contributed by atoms with van der Waals surface area (Å²) in [5.74, 6) is 0. The summed E-state index contributed by atoms with van der Waals surface area (Å²) in [6.07, 6.45) is -4.30. The van der Waals surface area contributed by atoms with Crippen molar-refractivity contribution < 1.29 is 13.2 Å². The van der Waals surface area contributed by atoms with Gasteiger partial charge >= 0.3 is 6.18 Å². The average molecular weight is 275 g/mol. The van der Waals surface area contributed by atoms with Gasteiger partial charge in [-0.25, -0.2) is 0 Å². The van der Waals surface area contributed by atoms with Crippen LogP contribution in [-0.2, 0) is 6.18 Å². The van der Waals surface area contributed by atoms with Crippen LogP contribution >= 0.6 is 0 Å². The second kappa shape index (κ2) is 4.40. The van der Waals surface area contributed by atoms with Crippen molar-refractivity contribution in [1.82, 2.24) is 4.98 Å². The Morgan fingerprint density at radius 2 is 1.60 bits per heavy atom. The van der Waals surface area contributed by atoms with Gasteiger partial charge in [-0.05, 0) is 42.3 Å². The summed E-state index contributed by atoms with van der Waals surface area (Å²) in [7, 11) is 0. The first-order valence-electron chi connectivity index (χ1n) is 6.20. The quantitative estimate of drug-likeness (QED) is 0.631. The first kappa shape index (κ1) is 12.8. The summed E-state index contributed by atoms with van der Waals surface area (Å²) in [4.78, 5) is 3.23. The van der Waals surface area contributed by atoms with Gasteiger partial charge in [0.25, 0.3) is 0 Å². The average Bonchev–Trinajstić information content (AvgIpc) is 2.80. The predicted molar refractivity (Wildman–Crippen MR) is 73.5 cm³/mol. The number of fused-ring (bicyclic) bond motifs is 1. The van der Waals surface area contributed by atoms with Crippen molar-refractivity contribution in [3.05, 3.63) is 59.7 Å². The highest BCUT2D eigenvalue weighted by Crippen LogP contribution is 2.31. The molecule has 0 aliphatic rings. The number of alkyl halides is 3. The zero-order chi connectivity index (χ0) is 14.3. The van der Waals surface area contributed by atoms with Crippen LogP contribution in [0.15, 0.2) is 48.5 Å². The van der Waals surface area contributed by atoms with E-state index in [2.05, 4.69) is 4.98 Å². The molecule has 0 bridgehead atoms. The molecule has 102 valence electrons. The molecule has 0 fully saturated rings. The Kier molecular flexibility index (Phi) is 2.82. The van der Waals surface area contributed by atoms with Gasteiger partial charge in [0, 0.05) is 16.6 Å². The lowest BCUT2D eigenvalue weighted by molar-refractivity contribution is -0.137. The summed E-state index contributed by atoms with van der Waals surface area (Å²) in [6.45, 7) is 2.00. The van der Waals surface area contributed by atoms with Gasteiger partial charge in [-0.2, -0.15) is 13.2 Å². The van der Waals surface area contributed by atoms with Gasteiger partial charge in [0.1, 0.15) is 0 Å². The van der Waals surface area contributed by atoms with Crippen molar-refractivity contribution in [2.24, 2.45) is 0 Å². The maximum absolute atomic E-state index is 12.5. The molecule has 0 atom stereocenters. The number of benzene rings is 2. The van der Waals surface area contributed by atoms with Gasteiger partial charge in [0.05, 0.1) is 5.56 Å². The van der Waals surface area contributed by atoms with Crippen LogP contribution in [0.25, 0.3) is 22.2 Å². The molecule has 0 spiro atoms. The molecule has 4 heteroatoms. The number of nitrogens with one attached hydrogen (secondary N) is 1. The minimum Gasteiger partial charge on any atom is -0.355 e. The van der Waals surface area contributed by atoms with Crippen LogP contribution in [-0.4, -0.2) is 4.98 Å². The zero-order valence-electron chi connectivity index (χ0n) is 10.8. The Balaban J connectivity index is 2.02. The third-order valence-electron chi connectivity index (χ3n) is 3.30. The zero-order valence-corrected chi connectivity index (χ0v) is 10.8. The largest absolute Gasteiger partial charge is 0.416 e. The predicted octanol–water partition coefficient (Wildman–Crippen LogP) is 5.16. The number of rotatable bonds is 1. The summed E-state index contributed by atoms with van der Waals surface area (Å²) in [6, 6.07) is 13.1. The number of aromatic nitrogens is 1. The van der Waals surface area contributed by atoms with E-state index in [1.54, 1.807) is 0 Å². The number of hydrogen-bond acceptors (Lipinski definition) is 0. The van der Waals surface area contributed by atoms with Crippen LogP contribution in [0.5, 0.6) is 0 Å². The number of aromatic amines is 1. The molecule has 1 aromatic heterocycles. The molecule has 0 aliphatic heterocycles. The lowest BCUT2D eigenvalue weighted by Crippen LogP contribution is -2.03. The fourth-order valence-electron chi connectivity index (χ4n) is 2.24. The highest BCUT2D eigenvalue weighted by molar-refractivity contribution is 5.86. The molecule has 0 amide bonds. The van der Waals surface area contributed by atoms with E-state index in [4.69, 9.17) is 0 Å². The maximum Gasteiger partial charge on any atom is 0.416 e. The molecule has 3 aromatic rings. The van der Waals surface area contributed by atoms with Crippen molar-refractivity contribution in [1.29, 1.82) is 0 Å². The van der Waals surface area contributed by atoms with E-state index in [1.807, 2.05) is 31.2 Å². The topological polar surface area (TPSA) is 15.8 Å². The van der Waals surface area contributed by atoms with Gasteiger partial charge in [-0.1, -0.05) is 24.3 Å². The van der Waals surface area contributed by atoms with Crippen LogP contribution in [0.3, 0.4) is 0 Å². The van der Waals surface area contributed by atoms with Crippen LogP contribution < -0.4 is 0 Å². The van der Waals surface area contributed by atoms with Crippen LogP contribution in [0, 0.1) is 6.92 Å². The molecule has 0 saturated carbocycles. The highest BCUT2D eigenvalue weighted by atomic mass is 19.4. The summed E-state index contributed by atoms with van der Waals surface area (Å²) in [5.41, 5.74) is 3.05. The van der Waals surface area contributed by atoms with Crippen molar-refractivity contribution >= 4 is 10.9 Å². The number of aryl methyl sites for hydroxylation is 1. The molecule has 1 N–H and O–H groups in total. The fourth-order valence-corrected chi connectivity index (χ4v) is 2.24. The lowest BCUT2D eigenvalue weighted by atomic mass is 10.1. The molecule has 0 unspecified atom stereocenters. The van der Waals surface area contributed by atoms with Crippen molar-refractivity contribution in [3.63, 3.8) is 0 Å². The Morgan fingerprint density at radius 3 is 2.25 bits per heavy atom. The van der Waals surface area contributed by atoms with E-state index in [9.17, 15) is 13.2 Å². The fraction of sp³-hybridized carbons (Fsp3) is 0.125. The van der Waals surface area contributed by atoms with Crippen LogP contribution in [0.2, 0.25) is 0 Å². The third-order valence-corrected chi connectivity index (χ3v) is 3.30. The van der Waals surface area contributed by atoms with E-state index in [1.165, 1.54) is 12.1 Å². The Bertz CT molecular complexity index is 751. The molecule has 1 nitrogen and oxygen atoms in total. The second-order valence-corrected chi connectivity index (χ2v) is 4.85. The summed E-state index contributed by atoms with van der Waals surface area (Å²) in [5, 5.41) is 1.05.